The zero-order valence-electron chi connectivity index (χ0n) is 6.03. The average Bonchev–Trinajstić information content (AvgIpc) is 1.88. The number of nitrogens with zero attached hydrogens (tertiary/aromatic N) is 1. The van der Waals surface area contributed by atoms with E-state index in [9.17, 15) is 10.1 Å². The zero-order chi connectivity index (χ0) is 8.20. The minimum absolute atomic E-state index is 0.0729. The highest BCUT2D eigenvalue weighted by Gasteiger charge is 2.36. The average molecular weight is 149 g/mol. The number of ether oxygens (including phenoxy) is 1. The third-order valence-corrected chi connectivity index (χ3v) is 1.24. The van der Waals surface area contributed by atoms with Gasteiger partial charge < -0.3 is 9.84 Å². The van der Waals surface area contributed by atoms with Gasteiger partial charge in [0.2, 0.25) is 0 Å². The van der Waals surface area contributed by atoms with Crippen LogP contribution in [0.5, 0.6) is 0 Å². The number of hydrogen-bond donors (Lipinski definition) is 1. The van der Waals surface area contributed by atoms with Gasteiger partial charge in [-0.3, -0.25) is 10.1 Å². The fourth-order valence-corrected chi connectivity index (χ4v) is 0.467. The van der Waals surface area contributed by atoms with Crippen LogP contribution in [0.1, 0.15) is 6.92 Å². The highest BCUT2D eigenvalue weighted by Crippen LogP contribution is 2.07. The summed E-state index contributed by atoms with van der Waals surface area (Å²) >= 11 is 0. The maximum absolute atomic E-state index is 10.2. The molecule has 1 atom stereocenters. The molecular formula is C5H11NO4. The molecule has 0 aromatic rings. The van der Waals surface area contributed by atoms with Crippen LogP contribution >= 0.6 is 0 Å². The summed E-state index contributed by atoms with van der Waals surface area (Å²) in [6.07, 6.45) is 0. The van der Waals surface area contributed by atoms with Crippen LogP contribution in [-0.2, 0) is 4.74 Å². The van der Waals surface area contributed by atoms with E-state index in [2.05, 4.69) is 4.74 Å². The van der Waals surface area contributed by atoms with E-state index < -0.39 is 17.1 Å². The molecule has 0 fully saturated rings. The highest BCUT2D eigenvalue weighted by atomic mass is 16.6. The molecule has 5 heteroatoms. The van der Waals surface area contributed by atoms with E-state index >= 15 is 0 Å². The van der Waals surface area contributed by atoms with Gasteiger partial charge in [-0.25, -0.2) is 0 Å². The summed E-state index contributed by atoms with van der Waals surface area (Å²) in [6.45, 7) is 0.751. The predicted octanol–water partition coefficient (Wildman–Crippen LogP) is -0.339. The van der Waals surface area contributed by atoms with Gasteiger partial charge in [0.15, 0.2) is 0 Å². The molecule has 1 unspecified atom stereocenters. The summed E-state index contributed by atoms with van der Waals surface area (Å²) in [7, 11) is 1.36. The van der Waals surface area contributed by atoms with E-state index in [0.29, 0.717) is 0 Å². The van der Waals surface area contributed by atoms with E-state index in [0.717, 1.165) is 0 Å². The van der Waals surface area contributed by atoms with E-state index in [-0.39, 0.29) is 6.61 Å². The van der Waals surface area contributed by atoms with Crippen LogP contribution in [-0.4, -0.2) is 35.9 Å². The molecular weight excluding hydrogens is 138 g/mol. The maximum Gasteiger partial charge on any atom is 0.264 e. The minimum Gasteiger partial charge on any atom is -0.389 e. The van der Waals surface area contributed by atoms with Crippen LogP contribution in [0.15, 0.2) is 0 Å². The quantitative estimate of drug-likeness (QED) is 0.438. The Morgan fingerprint density at radius 2 is 2.30 bits per heavy atom. The van der Waals surface area contributed by atoms with Crippen molar-refractivity contribution in [1.29, 1.82) is 0 Å². The first kappa shape index (κ1) is 9.32. The van der Waals surface area contributed by atoms with Crippen molar-refractivity contribution in [3.63, 3.8) is 0 Å². The van der Waals surface area contributed by atoms with Crippen LogP contribution in [0.25, 0.3) is 0 Å². The predicted molar refractivity (Wildman–Crippen MR) is 34.4 cm³/mol. The fourth-order valence-electron chi connectivity index (χ4n) is 0.467. The topological polar surface area (TPSA) is 72.6 Å². The first-order valence-corrected chi connectivity index (χ1v) is 2.81. The molecule has 0 bridgehead atoms. The normalized spacial score (nSPS) is 16.3. The van der Waals surface area contributed by atoms with Crippen molar-refractivity contribution in [2.75, 3.05) is 20.3 Å². The summed E-state index contributed by atoms with van der Waals surface area (Å²) in [5.74, 6) is 0. The Morgan fingerprint density at radius 1 is 1.80 bits per heavy atom. The van der Waals surface area contributed by atoms with Gasteiger partial charge in [0, 0.05) is 19.0 Å². The van der Waals surface area contributed by atoms with Gasteiger partial charge in [-0.05, 0) is 0 Å². The van der Waals surface area contributed by atoms with Gasteiger partial charge in [0.1, 0.15) is 13.2 Å². The third-order valence-electron chi connectivity index (χ3n) is 1.24. The van der Waals surface area contributed by atoms with Crippen molar-refractivity contribution in [2.24, 2.45) is 0 Å². The Hall–Kier alpha value is -0.680. The molecule has 0 heterocycles. The Morgan fingerprint density at radius 3 is 2.40 bits per heavy atom. The molecule has 0 aliphatic heterocycles. The molecule has 60 valence electrons. The van der Waals surface area contributed by atoms with Gasteiger partial charge in [0.05, 0.1) is 0 Å². The molecule has 0 aliphatic rings. The molecule has 5 nitrogen and oxygen atoms in total. The van der Waals surface area contributed by atoms with Crippen LogP contribution in [0, 0.1) is 10.1 Å². The summed E-state index contributed by atoms with van der Waals surface area (Å²) < 4.78 is 4.56. The summed E-state index contributed by atoms with van der Waals surface area (Å²) in [5, 5.41) is 18.8. The molecule has 0 saturated heterocycles. The van der Waals surface area contributed by atoms with Crippen LogP contribution in [0.3, 0.4) is 0 Å². The second kappa shape index (κ2) is 3.48. The second-order valence-corrected chi connectivity index (χ2v) is 2.35. The monoisotopic (exact) mass is 149 g/mol. The number of nitro groups is 1. The lowest BCUT2D eigenvalue weighted by Gasteiger charge is -2.16. The Kier molecular flexibility index (Phi) is 3.24. The molecule has 0 rings (SSSR count). The molecule has 0 aliphatic carbocycles. The first-order chi connectivity index (χ1) is 4.56. The fraction of sp³-hybridized carbons (Fsp3) is 1.00. The van der Waals surface area contributed by atoms with Gasteiger partial charge in [0.25, 0.3) is 5.54 Å². The molecule has 0 spiro atoms. The van der Waals surface area contributed by atoms with Crippen LogP contribution in [0.2, 0.25) is 0 Å². The van der Waals surface area contributed by atoms with Gasteiger partial charge in [-0.1, -0.05) is 0 Å². The molecule has 0 amide bonds. The first-order valence-electron chi connectivity index (χ1n) is 2.81. The summed E-state index contributed by atoms with van der Waals surface area (Å²) in [5.41, 5.74) is -1.35. The van der Waals surface area contributed by atoms with E-state index in [4.69, 9.17) is 5.11 Å². The van der Waals surface area contributed by atoms with Crippen molar-refractivity contribution < 1.29 is 14.8 Å². The standard InChI is InChI=1S/C5H11NO4/c1-5(3-7,4-10-2)6(8)9/h7H,3-4H2,1-2H3. The van der Waals surface area contributed by atoms with Gasteiger partial charge in [-0.15, -0.1) is 0 Å². The minimum atomic E-state index is -1.35. The molecule has 0 aromatic heterocycles. The largest absolute Gasteiger partial charge is 0.389 e. The number of aliphatic hydroxyl groups excluding tert-OH is 1. The van der Waals surface area contributed by atoms with Crippen molar-refractivity contribution in [1.82, 2.24) is 0 Å². The van der Waals surface area contributed by atoms with Gasteiger partial charge >= 0.3 is 0 Å². The van der Waals surface area contributed by atoms with Crippen LogP contribution in [0.4, 0.5) is 0 Å². The second-order valence-electron chi connectivity index (χ2n) is 2.35. The SMILES string of the molecule is COCC(C)(CO)[N+](=O)[O-]. The Bertz CT molecular complexity index is 127. The van der Waals surface area contributed by atoms with Crippen molar-refractivity contribution >= 4 is 0 Å². The van der Waals surface area contributed by atoms with Crippen LogP contribution < -0.4 is 0 Å². The smallest absolute Gasteiger partial charge is 0.264 e. The number of methoxy groups -OCH3 is 1. The van der Waals surface area contributed by atoms with Crippen molar-refractivity contribution in [3.05, 3.63) is 10.1 Å². The lowest BCUT2D eigenvalue weighted by molar-refractivity contribution is -0.572. The molecule has 0 aromatic carbocycles. The van der Waals surface area contributed by atoms with E-state index in [1.54, 1.807) is 0 Å². The third kappa shape index (κ3) is 1.93. The molecule has 10 heavy (non-hydrogen) atoms. The highest BCUT2D eigenvalue weighted by molar-refractivity contribution is 4.70. The summed E-state index contributed by atoms with van der Waals surface area (Å²) in [6, 6.07) is 0. The molecule has 0 radical (unpaired) electrons. The van der Waals surface area contributed by atoms with E-state index in [1.165, 1.54) is 14.0 Å². The zero-order valence-corrected chi connectivity index (χ0v) is 6.03. The molecule has 0 saturated carbocycles. The van der Waals surface area contributed by atoms with Crippen molar-refractivity contribution in [2.45, 2.75) is 12.5 Å². The number of rotatable bonds is 4. The Labute approximate surface area is 58.8 Å². The lowest BCUT2D eigenvalue weighted by atomic mass is 10.1. The summed E-state index contributed by atoms with van der Waals surface area (Å²) in [4.78, 5) is 9.66. The number of aliphatic hydroxyl groups is 1. The van der Waals surface area contributed by atoms with Gasteiger partial charge in [-0.2, -0.15) is 0 Å². The lowest BCUT2D eigenvalue weighted by Crippen LogP contribution is -2.43. The van der Waals surface area contributed by atoms with Crippen molar-refractivity contribution in [3.8, 4) is 0 Å². The number of hydrogen-bond acceptors (Lipinski definition) is 4. The Balaban J connectivity index is 4.08. The maximum atomic E-state index is 10.2. The molecule has 1 N–H and O–H groups in total. The van der Waals surface area contributed by atoms with E-state index in [1.807, 2.05) is 0 Å².